The Kier molecular flexibility index (Phi) is 2.09. The number of aliphatic hydroxyl groups excluding tert-OH is 1. The van der Waals surface area contributed by atoms with Gasteiger partial charge in [0.15, 0.2) is 0 Å². The molecule has 2 atom stereocenters. The molecule has 5 nitrogen and oxygen atoms in total. The van der Waals surface area contributed by atoms with E-state index < -0.39 is 23.9 Å². The van der Waals surface area contributed by atoms with Gasteiger partial charge in [-0.25, -0.2) is 0 Å². The Morgan fingerprint density at radius 3 is 2.73 bits per heavy atom. The van der Waals surface area contributed by atoms with Gasteiger partial charge in [-0.15, -0.1) is 0 Å². The summed E-state index contributed by atoms with van der Waals surface area (Å²) in [5.41, 5.74) is 0. The molecule has 3 N–H and O–H groups in total. The fourth-order valence-corrected chi connectivity index (χ4v) is 1.02. The Balaban J connectivity index is 2.61. The van der Waals surface area contributed by atoms with Crippen LogP contribution in [0.5, 0.6) is 0 Å². The number of hydrogen-bond acceptors (Lipinski definition) is 3. The highest BCUT2D eigenvalue weighted by molar-refractivity contribution is 5.97. The first kappa shape index (κ1) is 8.00. The van der Waals surface area contributed by atoms with E-state index in [0.717, 1.165) is 0 Å². The number of aliphatic hydroxyl groups is 1. The predicted octanol–water partition coefficient (Wildman–Crippen LogP) is -1.43. The summed E-state index contributed by atoms with van der Waals surface area (Å²) >= 11 is 0. The Morgan fingerprint density at radius 2 is 2.27 bits per heavy atom. The molecule has 0 saturated carbocycles. The van der Waals surface area contributed by atoms with Gasteiger partial charge in [-0.3, -0.25) is 9.59 Å². The Hall–Kier alpha value is -1.10. The van der Waals surface area contributed by atoms with Crippen molar-refractivity contribution in [1.82, 2.24) is 5.32 Å². The Bertz CT molecular complexity index is 191. The van der Waals surface area contributed by atoms with Crippen LogP contribution in [0.4, 0.5) is 0 Å². The van der Waals surface area contributed by atoms with Crippen molar-refractivity contribution in [3.63, 3.8) is 0 Å². The largest absolute Gasteiger partial charge is 0.481 e. The first-order chi connectivity index (χ1) is 5.11. The maximum Gasteiger partial charge on any atom is 0.316 e. The SMILES string of the molecule is O=C(O)C1CC(O)CNC1=O. The Morgan fingerprint density at radius 1 is 1.64 bits per heavy atom. The lowest BCUT2D eigenvalue weighted by Gasteiger charge is -2.22. The van der Waals surface area contributed by atoms with Gasteiger partial charge >= 0.3 is 5.97 Å². The molecular formula is C6H9NO4. The van der Waals surface area contributed by atoms with E-state index in [0.29, 0.717) is 0 Å². The molecule has 1 fully saturated rings. The van der Waals surface area contributed by atoms with Gasteiger partial charge in [0.1, 0.15) is 5.92 Å². The first-order valence-electron chi connectivity index (χ1n) is 3.30. The minimum absolute atomic E-state index is 0.0150. The lowest BCUT2D eigenvalue weighted by molar-refractivity contribution is -0.150. The monoisotopic (exact) mass is 159 g/mol. The standard InChI is InChI=1S/C6H9NO4/c8-3-1-4(6(10)11)5(9)7-2-3/h3-4,8H,1-2H2,(H,7,9)(H,10,11). The first-order valence-corrected chi connectivity index (χ1v) is 3.30. The second kappa shape index (κ2) is 2.87. The van der Waals surface area contributed by atoms with Crippen molar-refractivity contribution in [2.24, 2.45) is 5.92 Å². The molecule has 5 heteroatoms. The third-order valence-electron chi connectivity index (χ3n) is 1.63. The summed E-state index contributed by atoms with van der Waals surface area (Å²) in [6.45, 7) is 0.155. The molecule has 0 aromatic carbocycles. The van der Waals surface area contributed by atoms with Gasteiger partial charge in [-0.05, 0) is 6.42 Å². The van der Waals surface area contributed by atoms with E-state index in [-0.39, 0.29) is 13.0 Å². The van der Waals surface area contributed by atoms with E-state index in [4.69, 9.17) is 10.2 Å². The van der Waals surface area contributed by atoms with Gasteiger partial charge in [0, 0.05) is 6.54 Å². The molecular weight excluding hydrogens is 150 g/mol. The average molecular weight is 159 g/mol. The van der Waals surface area contributed by atoms with Crippen LogP contribution in [0, 0.1) is 5.92 Å². The van der Waals surface area contributed by atoms with E-state index in [9.17, 15) is 9.59 Å². The lowest BCUT2D eigenvalue weighted by Crippen LogP contribution is -2.46. The number of β-amino-alcohol motifs (C(OH)–C–C–N with tert-alkyl or cyclic N) is 1. The number of carbonyl (C=O) groups excluding carboxylic acids is 1. The quantitative estimate of drug-likeness (QED) is 0.409. The molecule has 0 radical (unpaired) electrons. The number of carboxylic acids is 1. The number of hydrogen-bond donors (Lipinski definition) is 3. The summed E-state index contributed by atoms with van der Waals surface area (Å²) in [7, 11) is 0. The van der Waals surface area contributed by atoms with E-state index >= 15 is 0 Å². The highest BCUT2D eigenvalue weighted by Crippen LogP contribution is 2.11. The predicted molar refractivity (Wildman–Crippen MR) is 34.8 cm³/mol. The molecule has 0 aromatic rings. The maximum absolute atomic E-state index is 10.8. The topological polar surface area (TPSA) is 86.6 Å². The summed E-state index contributed by atoms with van der Waals surface area (Å²) < 4.78 is 0. The zero-order chi connectivity index (χ0) is 8.43. The molecule has 0 spiro atoms. The molecule has 1 aliphatic heterocycles. The molecule has 2 unspecified atom stereocenters. The van der Waals surface area contributed by atoms with Gasteiger partial charge in [0.25, 0.3) is 0 Å². The molecule has 1 aliphatic rings. The van der Waals surface area contributed by atoms with Gasteiger partial charge in [-0.2, -0.15) is 0 Å². The van der Waals surface area contributed by atoms with E-state index in [2.05, 4.69) is 5.32 Å². The van der Waals surface area contributed by atoms with Gasteiger partial charge < -0.3 is 15.5 Å². The van der Waals surface area contributed by atoms with Gasteiger partial charge in [0.05, 0.1) is 6.10 Å². The third kappa shape index (κ3) is 1.68. The zero-order valence-electron chi connectivity index (χ0n) is 5.78. The number of carbonyl (C=O) groups is 2. The summed E-state index contributed by atoms with van der Waals surface area (Å²) in [4.78, 5) is 21.1. The van der Waals surface area contributed by atoms with Crippen LogP contribution in [-0.2, 0) is 9.59 Å². The van der Waals surface area contributed by atoms with Crippen LogP contribution >= 0.6 is 0 Å². The van der Waals surface area contributed by atoms with Crippen LogP contribution in [0.2, 0.25) is 0 Å². The lowest BCUT2D eigenvalue weighted by atomic mass is 9.97. The van der Waals surface area contributed by atoms with Crippen molar-refractivity contribution < 1.29 is 19.8 Å². The number of nitrogens with one attached hydrogen (secondary N) is 1. The van der Waals surface area contributed by atoms with E-state index in [1.54, 1.807) is 0 Å². The van der Waals surface area contributed by atoms with Crippen LogP contribution in [0.25, 0.3) is 0 Å². The molecule has 11 heavy (non-hydrogen) atoms. The van der Waals surface area contributed by atoms with Crippen molar-refractivity contribution in [1.29, 1.82) is 0 Å². The number of carboxylic acid groups (broad SMARTS) is 1. The highest BCUT2D eigenvalue weighted by Gasteiger charge is 2.32. The summed E-state index contributed by atoms with van der Waals surface area (Å²) in [6.07, 6.45) is -0.713. The van der Waals surface area contributed by atoms with Crippen molar-refractivity contribution in [2.45, 2.75) is 12.5 Å². The zero-order valence-corrected chi connectivity index (χ0v) is 5.78. The second-order valence-electron chi connectivity index (χ2n) is 2.53. The number of rotatable bonds is 1. The van der Waals surface area contributed by atoms with Crippen molar-refractivity contribution >= 4 is 11.9 Å². The van der Waals surface area contributed by atoms with Crippen LogP contribution in [0.15, 0.2) is 0 Å². The molecule has 62 valence electrons. The fourth-order valence-electron chi connectivity index (χ4n) is 1.02. The summed E-state index contributed by atoms with van der Waals surface area (Å²) in [5, 5.41) is 19.7. The number of aliphatic carboxylic acids is 1. The highest BCUT2D eigenvalue weighted by atomic mass is 16.4. The van der Waals surface area contributed by atoms with Crippen LogP contribution in [0.1, 0.15) is 6.42 Å². The number of piperidine rings is 1. The third-order valence-corrected chi connectivity index (χ3v) is 1.63. The van der Waals surface area contributed by atoms with E-state index in [1.165, 1.54) is 0 Å². The molecule has 1 saturated heterocycles. The Labute approximate surface area is 63.0 Å². The molecule has 1 heterocycles. The molecule has 1 rings (SSSR count). The molecule has 0 aromatic heterocycles. The van der Waals surface area contributed by atoms with Crippen molar-refractivity contribution in [2.75, 3.05) is 6.54 Å². The van der Waals surface area contributed by atoms with Crippen molar-refractivity contribution in [3.05, 3.63) is 0 Å². The number of amides is 1. The second-order valence-corrected chi connectivity index (χ2v) is 2.53. The minimum Gasteiger partial charge on any atom is -0.481 e. The molecule has 0 bridgehead atoms. The molecule has 1 amide bonds. The smallest absolute Gasteiger partial charge is 0.316 e. The van der Waals surface area contributed by atoms with Gasteiger partial charge in [-0.1, -0.05) is 0 Å². The maximum atomic E-state index is 10.8. The van der Waals surface area contributed by atoms with Crippen LogP contribution in [0.3, 0.4) is 0 Å². The average Bonchev–Trinajstić information content (AvgIpc) is 1.94. The summed E-state index contributed by atoms with van der Waals surface area (Å²) in [6, 6.07) is 0. The van der Waals surface area contributed by atoms with Crippen molar-refractivity contribution in [3.8, 4) is 0 Å². The van der Waals surface area contributed by atoms with E-state index in [1.807, 2.05) is 0 Å². The summed E-state index contributed by atoms with van der Waals surface area (Å²) in [5.74, 6) is -2.78. The molecule has 0 aliphatic carbocycles. The fraction of sp³-hybridized carbons (Fsp3) is 0.667. The normalized spacial score (nSPS) is 31.2. The minimum atomic E-state index is -1.18. The van der Waals surface area contributed by atoms with Crippen LogP contribution in [-0.4, -0.2) is 34.7 Å². The van der Waals surface area contributed by atoms with Gasteiger partial charge in [0.2, 0.25) is 5.91 Å². The van der Waals surface area contributed by atoms with Crippen LogP contribution < -0.4 is 5.32 Å².